The van der Waals surface area contributed by atoms with Crippen LogP contribution < -0.4 is 10.6 Å². The quantitative estimate of drug-likeness (QED) is 0.678. The second-order valence-corrected chi connectivity index (χ2v) is 11.1. The molecule has 1 heterocycles. The smallest absolute Gasteiger partial charge is 0.252 e. The van der Waals surface area contributed by atoms with Crippen LogP contribution in [-0.2, 0) is 4.79 Å². The van der Waals surface area contributed by atoms with E-state index >= 15 is 0 Å². The summed E-state index contributed by atoms with van der Waals surface area (Å²) in [7, 11) is 0. The van der Waals surface area contributed by atoms with Crippen LogP contribution in [0, 0.1) is 52.7 Å². The van der Waals surface area contributed by atoms with Gasteiger partial charge in [-0.1, -0.05) is 27.5 Å². The molecule has 2 amide bonds. The summed E-state index contributed by atoms with van der Waals surface area (Å²) in [4.78, 5) is 26.1. The lowest BCUT2D eigenvalue weighted by Crippen LogP contribution is -3.06. The van der Waals surface area contributed by atoms with Crippen molar-refractivity contribution in [1.82, 2.24) is 5.32 Å². The zero-order valence-electron chi connectivity index (χ0n) is 15.5. The third-order valence-corrected chi connectivity index (χ3v) is 10.1. The van der Waals surface area contributed by atoms with Gasteiger partial charge in [0, 0.05) is 31.9 Å². The molecule has 7 aliphatic rings. The van der Waals surface area contributed by atoms with E-state index < -0.39 is 11.9 Å². The van der Waals surface area contributed by atoms with E-state index in [1.807, 2.05) is 6.07 Å². The molecular weight excluding hydrogens is 471 g/mol. The second-order valence-electron chi connectivity index (χ2n) is 9.76. The standard InChI is InChI=1S/C23H15BrClFN2O2/c24-6-3-9-12(20(28-21(9)29)8-5-7(26)1-2-10(8)25)11(4-6)27-22(30)23-17-14-13-15(17)19(23)16(13)18(14)23/h1-5,13-20H,(H,27,30)(H,28,29). The van der Waals surface area contributed by atoms with Crippen molar-refractivity contribution in [3.05, 3.63) is 62.3 Å². The molecule has 6 saturated carbocycles. The van der Waals surface area contributed by atoms with E-state index in [-0.39, 0.29) is 17.2 Å². The van der Waals surface area contributed by atoms with Crippen LogP contribution in [0.4, 0.5) is 10.1 Å². The van der Waals surface area contributed by atoms with E-state index in [9.17, 15) is 14.0 Å². The molecule has 0 aromatic heterocycles. The molecule has 0 spiro atoms. The van der Waals surface area contributed by atoms with Gasteiger partial charge in [0.05, 0.1) is 11.5 Å². The van der Waals surface area contributed by atoms with Crippen LogP contribution in [0.1, 0.15) is 27.5 Å². The molecule has 2 N–H and O–H groups in total. The van der Waals surface area contributed by atoms with Gasteiger partial charge in [0.1, 0.15) is 5.82 Å². The summed E-state index contributed by atoms with van der Waals surface area (Å²) in [6.45, 7) is 0. The third-order valence-electron chi connectivity index (χ3n) is 9.34. The number of anilines is 1. The fourth-order valence-corrected chi connectivity index (χ4v) is 9.27. The van der Waals surface area contributed by atoms with E-state index in [0.717, 1.165) is 23.7 Å². The zero-order valence-corrected chi connectivity index (χ0v) is 17.8. The number of hydrogen-bond acceptors (Lipinski definition) is 2. The van der Waals surface area contributed by atoms with Crippen LogP contribution >= 0.6 is 27.5 Å². The Balaban J connectivity index is 1.21. The maximum atomic E-state index is 14.0. The Kier molecular flexibility index (Phi) is 2.67. The highest BCUT2D eigenvalue weighted by Crippen LogP contribution is 3.05. The molecule has 4 nitrogen and oxygen atoms in total. The van der Waals surface area contributed by atoms with Gasteiger partial charge in [0.2, 0.25) is 5.91 Å². The summed E-state index contributed by atoms with van der Waals surface area (Å²) in [5.74, 6) is 4.58. The van der Waals surface area contributed by atoms with Gasteiger partial charge in [-0.2, -0.15) is 0 Å². The summed E-state index contributed by atoms with van der Waals surface area (Å²) in [5, 5.41) is 6.46. The van der Waals surface area contributed by atoms with E-state index in [2.05, 4.69) is 26.6 Å². The molecule has 0 saturated heterocycles. The van der Waals surface area contributed by atoms with Crippen molar-refractivity contribution < 1.29 is 14.0 Å². The SMILES string of the molecule is O=C1NC(c2cc(F)ccc2Cl)c2c(NC(=O)C34C5C6C7C5C3C7C64)cc(Br)cc21. The monoisotopic (exact) mass is 484 g/mol. The molecule has 150 valence electrons. The molecule has 1 atom stereocenters. The predicted octanol–water partition coefficient (Wildman–Crippen LogP) is 4.38. The molecule has 30 heavy (non-hydrogen) atoms. The van der Waals surface area contributed by atoms with Crippen molar-refractivity contribution in [2.45, 2.75) is 6.04 Å². The summed E-state index contributed by atoms with van der Waals surface area (Å²) in [6.07, 6.45) is 0. The Morgan fingerprint density at radius 2 is 1.80 bits per heavy atom. The molecule has 2 aromatic rings. The Bertz CT molecular complexity index is 1210. The first-order chi connectivity index (χ1) is 14.4. The lowest BCUT2D eigenvalue weighted by molar-refractivity contribution is -0.595. The number of nitrogens with one attached hydrogen (secondary N) is 2. The van der Waals surface area contributed by atoms with Crippen LogP contribution in [0.5, 0.6) is 0 Å². The lowest BCUT2D eigenvalue weighted by atomic mass is 8.96. The summed E-state index contributed by atoms with van der Waals surface area (Å²) < 4.78 is 14.7. The summed E-state index contributed by atoms with van der Waals surface area (Å²) in [5.41, 5.74) is 2.06. The first-order valence-corrected chi connectivity index (χ1v) is 11.5. The normalized spacial score (nSPS) is 43.8. The van der Waals surface area contributed by atoms with Gasteiger partial charge in [-0.15, -0.1) is 0 Å². The Morgan fingerprint density at radius 1 is 1.10 bits per heavy atom. The van der Waals surface area contributed by atoms with Crippen molar-refractivity contribution in [2.75, 3.05) is 5.32 Å². The molecule has 1 aliphatic heterocycles. The molecule has 7 heteroatoms. The summed E-state index contributed by atoms with van der Waals surface area (Å²) in [6, 6.07) is 7.08. The second kappa shape index (κ2) is 4.78. The average Bonchev–Trinajstić information content (AvgIpc) is 3.06. The number of amides is 2. The van der Waals surface area contributed by atoms with Crippen LogP contribution in [0.2, 0.25) is 5.02 Å². The predicted molar refractivity (Wildman–Crippen MR) is 110 cm³/mol. The van der Waals surface area contributed by atoms with Gasteiger partial charge in [-0.3, -0.25) is 9.59 Å². The van der Waals surface area contributed by atoms with E-state index in [1.54, 1.807) is 6.07 Å². The maximum absolute atomic E-state index is 14.0. The molecule has 0 radical (unpaired) electrons. The molecule has 6 aliphatic carbocycles. The van der Waals surface area contributed by atoms with E-state index in [4.69, 9.17) is 11.6 Å². The molecule has 2 aromatic carbocycles. The van der Waals surface area contributed by atoms with Gasteiger partial charge < -0.3 is 10.6 Å². The third kappa shape index (κ3) is 1.43. The van der Waals surface area contributed by atoms with Crippen molar-refractivity contribution in [3.8, 4) is 0 Å². The van der Waals surface area contributed by atoms with Crippen molar-refractivity contribution in [2.24, 2.45) is 46.8 Å². The van der Waals surface area contributed by atoms with Crippen molar-refractivity contribution >= 4 is 45.0 Å². The van der Waals surface area contributed by atoms with Gasteiger partial charge in [-0.05, 0) is 71.8 Å². The number of rotatable bonds is 3. The number of benzene rings is 2. The van der Waals surface area contributed by atoms with Crippen molar-refractivity contribution in [3.63, 3.8) is 0 Å². The summed E-state index contributed by atoms with van der Waals surface area (Å²) >= 11 is 9.81. The van der Waals surface area contributed by atoms with E-state index in [1.165, 1.54) is 18.2 Å². The molecule has 0 bridgehead atoms. The lowest BCUT2D eigenvalue weighted by Gasteiger charge is -3.06. The maximum Gasteiger partial charge on any atom is 0.252 e. The van der Waals surface area contributed by atoms with Gasteiger partial charge in [0.25, 0.3) is 5.91 Å². The van der Waals surface area contributed by atoms with Crippen LogP contribution in [0.3, 0.4) is 0 Å². The van der Waals surface area contributed by atoms with E-state index in [0.29, 0.717) is 49.6 Å². The zero-order chi connectivity index (χ0) is 20.3. The molecule has 6 fully saturated rings. The van der Waals surface area contributed by atoms with Crippen molar-refractivity contribution in [1.29, 1.82) is 0 Å². The fraction of sp³-hybridized carbons (Fsp3) is 0.391. The molecule has 9 rings (SSSR count). The van der Waals surface area contributed by atoms with Crippen LogP contribution in [-0.4, -0.2) is 11.8 Å². The highest BCUT2D eigenvalue weighted by molar-refractivity contribution is 9.10. The van der Waals surface area contributed by atoms with Crippen LogP contribution in [0.15, 0.2) is 34.8 Å². The minimum Gasteiger partial charge on any atom is -0.341 e. The van der Waals surface area contributed by atoms with Crippen LogP contribution in [0.25, 0.3) is 0 Å². The first kappa shape index (κ1) is 16.7. The number of fused-ring (bicyclic) bond motifs is 1. The molecule has 1 unspecified atom stereocenters. The Labute approximate surface area is 184 Å². The minimum absolute atomic E-state index is 0.105. The number of carbonyl (C=O) groups excluding carboxylic acids is 2. The topological polar surface area (TPSA) is 58.2 Å². The fourth-order valence-electron chi connectivity index (χ4n) is 8.59. The minimum atomic E-state index is -0.608. The largest absolute Gasteiger partial charge is 0.341 e. The average molecular weight is 486 g/mol. The van der Waals surface area contributed by atoms with Gasteiger partial charge in [-0.25, -0.2) is 4.39 Å². The van der Waals surface area contributed by atoms with Gasteiger partial charge >= 0.3 is 0 Å². The number of hydrogen-bond donors (Lipinski definition) is 2. The molecular formula is C23H15BrClFN2O2. The Morgan fingerprint density at radius 3 is 2.50 bits per heavy atom. The Hall–Kier alpha value is -1.92. The highest BCUT2D eigenvalue weighted by Gasteiger charge is 3.06. The number of carbonyl (C=O) groups is 2. The highest BCUT2D eigenvalue weighted by atomic mass is 79.9. The van der Waals surface area contributed by atoms with Gasteiger partial charge in [0.15, 0.2) is 0 Å². The first-order valence-electron chi connectivity index (χ1n) is 10.3. The number of halogens is 3.